The van der Waals surface area contributed by atoms with Crippen molar-refractivity contribution in [2.75, 3.05) is 6.79 Å². The molecular formula is C28H28N2O3S. The van der Waals surface area contributed by atoms with Gasteiger partial charge in [-0.25, -0.2) is 4.99 Å². The molecule has 0 bridgehead atoms. The number of aliphatic imine (C=N–C) groups is 1. The van der Waals surface area contributed by atoms with Crippen molar-refractivity contribution in [2.45, 2.75) is 46.6 Å². The van der Waals surface area contributed by atoms with Gasteiger partial charge in [-0.05, 0) is 83.7 Å². The van der Waals surface area contributed by atoms with E-state index >= 15 is 0 Å². The van der Waals surface area contributed by atoms with Crippen molar-refractivity contribution in [3.63, 3.8) is 0 Å². The van der Waals surface area contributed by atoms with E-state index in [2.05, 4.69) is 26.8 Å². The molecule has 1 aliphatic carbocycles. The lowest BCUT2D eigenvalue weighted by molar-refractivity contribution is 0.174. The Morgan fingerprint density at radius 2 is 1.94 bits per heavy atom. The number of thiophene rings is 1. The lowest BCUT2D eigenvalue weighted by Crippen LogP contribution is -2.26. The normalized spacial score (nSPS) is 16.9. The Balaban J connectivity index is 1.24. The molecule has 0 N–H and O–H groups in total. The standard InChI is InChI=1S/C28H28N2O3S/c1-28(2,3)20-7-10-22-23(14-29)27(34-26(22)13-20)30-15-18-4-8-21(9-5-18)31-16-19-6-11-24-25(12-19)33-17-32-24/h4-6,8-9,11-12,15,20H,7,10,13,16-17H2,1-3H3/t20-/m1/s1. The molecule has 1 atom stereocenters. The fourth-order valence-corrected chi connectivity index (χ4v) is 5.72. The molecule has 0 spiro atoms. The summed E-state index contributed by atoms with van der Waals surface area (Å²) in [7, 11) is 0. The molecule has 0 unspecified atom stereocenters. The van der Waals surface area contributed by atoms with Gasteiger partial charge in [-0.15, -0.1) is 11.3 Å². The van der Waals surface area contributed by atoms with Gasteiger partial charge >= 0.3 is 0 Å². The Labute approximate surface area is 204 Å². The van der Waals surface area contributed by atoms with Crippen molar-refractivity contribution in [3.05, 3.63) is 69.6 Å². The SMILES string of the molecule is CC(C)(C)[C@@H]1CCc2c(sc(N=Cc3ccc(OCc4ccc5c(c4)OCO5)cc3)c2C#N)C1. The smallest absolute Gasteiger partial charge is 0.231 e. The summed E-state index contributed by atoms with van der Waals surface area (Å²) in [5.74, 6) is 2.96. The summed E-state index contributed by atoms with van der Waals surface area (Å²) in [4.78, 5) is 6.04. The Bertz CT molecular complexity index is 1260. The topological polar surface area (TPSA) is 63.8 Å². The first kappa shape index (κ1) is 22.5. The monoisotopic (exact) mass is 472 g/mol. The van der Waals surface area contributed by atoms with Crippen LogP contribution in [0.2, 0.25) is 0 Å². The largest absolute Gasteiger partial charge is 0.489 e. The van der Waals surface area contributed by atoms with Crippen LogP contribution in [0, 0.1) is 22.7 Å². The first-order chi connectivity index (χ1) is 16.4. The third-order valence-corrected chi connectivity index (χ3v) is 7.80. The highest BCUT2D eigenvalue weighted by Gasteiger charge is 2.32. The fourth-order valence-electron chi connectivity index (χ4n) is 4.50. The molecule has 2 heterocycles. The molecule has 5 nitrogen and oxygen atoms in total. The molecule has 1 aromatic heterocycles. The minimum Gasteiger partial charge on any atom is -0.489 e. The number of benzene rings is 2. The maximum absolute atomic E-state index is 9.78. The second-order valence-electron chi connectivity index (χ2n) is 9.91. The van der Waals surface area contributed by atoms with E-state index in [0.717, 1.165) is 58.2 Å². The molecule has 0 saturated heterocycles. The number of hydrogen-bond donors (Lipinski definition) is 0. The lowest BCUT2D eigenvalue weighted by atomic mass is 9.72. The molecule has 0 amide bonds. The maximum atomic E-state index is 9.78. The Morgan fingerprint density at radius 1 is 1.15 bits per heavy atom. The summed E-state index contributed by atoms with van der Waals surface area (Å²) in [5.41, 5.74) is 4.25. The molecule has 174 valence electrons. The van der Waals surface area contributed by atoms with Gasteiger partial charge in [-0.1, -0.05) is 26.8 Å². The van der Waals surface area contributed by atoms with Gasteiger partial charge in [0.15, 0.2) is 11.5 Å². The number of nitrogens with zero attached hydrogens (tertiary/aromatic N) is 2. The van der Waals surface area contributed by atoms with Crippen molar-refractivity contribution < 1.29 is 14.2 Å². The van der Waals surface area contributed by atoms with E-state index in [0.29, 0.717) is 12.5 Å². The van der Waals surface area contributed by atoms with Crippen LogP contribution >= 0.6 is 11.3 Å². The quantitative estimate of drug-likeness (QED) is 0.382. The van der Waals surface area contributed by atoms with Crippen LogP contribution in [-0.4, -0.2) is 13.0 Å². The van der Waals surface area contributed by atoms with Crippen molar-refractivity contribution >= 4 is 22.6 Å². The van der Waals surface area contributed by atoms with Crippen LogP contribution in [0.3, 0.4) is 0 Å². The minimum absolute atomic E-state index is 0.268. The Morgan fingerprint density at radius 3 is 2.71 bits per heavy atom. The molecule has 2 aliphatic rings. The second-order valence-corrected chi connectivity index (χ2v) is 11.0. The van der Waals surface area contributed by atoms with Crippen LogP contribution < -0.4 is 14.2 Å². The second kappa shape index (κ2) is 9.15. The van der Waals surface area contributed by atoms with Crippen LogP contribution in [0.25, 0.3) is 0 Å². The number of ether oxygens (including phenoxy) is 3. The highest BCUT2D eigenvalue weighted by atomic mass is 32.1. The summed E-state index contributed by atoms with van der Waals surface area (Å²) in [6, 6.07) is 16.1. The van der Waals surface area contributed by atoms with E-state index in [4.69, 9.17) is 19.2 Å². The van der Waals surface area contributed by atoms with Gasteiger partial charge in [-0.2, -0.15) is 5.26 Å². The average molecular weight is 473 g/mol. The summed E-state index contributed by atoms with van der Waals surface area (Å²) < 4.78 is 16.7. The van der Waals surface area contributed by atoms with Crippen molar-refractivity contribution in [1.82, 2.24) is 0 Å². The zero-order chi connectivity index (χ0) is 23.7. The third-order valence-electron chi connectivity index (χ3n) is 6.64. The van der Waals surface area contributed by atoms with Crippen LogP contribution in [0.1, 0.15) is 54.3 Å². The Hall–Kier alpha value is -3.30. The van der Waals surface area contributed by atoms with Crippen molar-refractivity contribution in [2.24, 2.45) is 16.3 Å². The third kappa shape index (κ3) is 4.67. The summed E-state index contributed by atoms with van der Waals surface area (Å²) in [6.07, 6.45) is 4.99. The van der Waals surface area contributed by atoms with Gasteiger partial charge in [0, 0.05) is 11.1 Å². The molecule has 1 aliphatic heterocycles. The summed E-state index contributed by atoms with van der Waals surface area (Å²) in [6.45, 7) is 7.64. The molecule has 3 aromatic rings. The molecule has 6 heteroatoms. The highest BCUT2D eigenvalue weighted by molar-refractivity contribution is 7.16. The van der Waals surface area contributed by atoms with Gasteiger partial charge in [0.25, 0.3) is 0 Å². The average Bonchev–Trinajstić information content (AvgIpc) is 3.44. The first-order valence-corrected chi connectivity index (χ1v) is 12.4. The lowest BCUT2D eigenvalue weighted by Gasteiger charge is -2.33. The zero-order valence-corrected chi connectivity index (χ0v) is 20.6. The van der Waals surface area contributed by atoms with Crippen molar-refractivity contribution in [1.29, 1.82) is 5.26 Å². The number of hydrogen-bond acceptors (Lipinski definition) is 6. The predicted molar refractivity (Wildman–Crippen MR) is 135 cm³/mol. The van der Waals surface area contributed by atoms with E-state index in [1.807, 2.05) is 48.7 Å². The molecule has 34 heavy (non-hydrogen) atoms. The van der Waals surface area contributed by atoms with Gasteiger partial charge < -0.3 is 14.2 Å². The highest BCUT2D eigenvalue weighted by Crippen LogP contribution is 2.44. The minimum atomic E-state index is 0.268. The molecule has 2 aromatic carbocycles. The van der Waals surface area contributed by atoms with E-state index in [9.17, 15) is 5.26 Å². The molecular weight excluding hydrogens is 444 g/mol. The van der Waals surface area contributed by atoms with E-state index in [1.165, 1.54) is 10.4 Å². The molecule has 0 fully saturated rings. The number of fused-ring (bicyclic) bond motifs is 2. The number of rotatable bonds is 5. The zero-order valence-electron chi connectivity index (χ0n) is 19.8. The van der Waals surface area contributed by atoms with Gasteiger partial charge in [0.2, 0.25) is 6.79 Å². The molecule has 0 saturated carbocycles. The summed E-state index contributed by atoms with van der Waals surface area (Å²) in [5, 5.41) is 10.6. The Kier molecular flexibility index (Phi) is 6.05. The maximum Gasteiger partial charge on any atom is 0.231 e. The number of nitriles is 1. The van der Waals surface area contributed by atoms with Crippen molar-refractivity contribution in [3.8, 4) is 23.3 Å². The molecule has 0 radical (unpaired) electrons. The van der Waals surface area contributed by atoms with Crippen LogP contribution in [0.5, 0.6) is 17.2 Å². The fraction of sp³-hybridized carbons (Fsp3) is 0.357. The first-order valence-electron chi connectivity index (χ1n) is 11.6. The predicted octanol–water partition coefficient (Wildman–Crippen LogP) is 6.83. The van der Waals surface area contributed by atoms with Gasteiger partial charge in [-0.3, -0.25) is 0 Å². The van der Waals surface area contributed by atoms with E-state index in [-0.39, 0.29) is 12.2 Å². The van der Waals surface area contributed by atoms with E-state index < -0.39 is 0 Å². The van der Waals surface area contributed by atoms with Gasteiger partial charge in [0.05, 0.1) is 5.56 Å². The van der Waals surface area contributed by atoms with Gasteiger partial charge in [0.1, 0.15) is 23.4 Å². The van der Waals surface area contributed by atoms with Crippen LogP contribution in [0.4, 0.5) is 5.00 Å². The van der Waals surface area contributed by atoms with Crippen LogP contribution in [-0.2, 0) is 19.4 Å². The van der Waals surface area contributed by atoms with Crippen LogP contribution in [0.15, 0.2) is 47.5 Å². The molecule has 5 rings (SSSR count). The van der Waals surface area contributed by atoms with E-state index in [1.54, 1.807) is 11.3 Å². The summed E-state index contributed by atoms with van der Waals surface area (Å²) >= 11 is 1.68.